The topological polar surface area (TPSA) is 9.23 Å². The van der Waals surface area contributed by atoms with Gasteiger partial charge in [-0.1, -0.05) is 12.2 Å². The molecule has 1 heteroatoms. The summed E-state index contributed by atoms with van der Waals surface area (Å²) < 4.78 is 5.62. The Morgan fingerprint density at radius 1 is 1.55 bits per heavy atom. The van der Waals surface area contributed by atoms with Crippen LogP contribution in [0.4, 0.5) is 0 Å². The van der Waals surface area contributed by atoms with Crippen molar-refractivity contribution in [2.45, 2.75) is 39.2 Å². The fourth-order valence-corrected chi connectivity index (χ4v) is 1.63. The molecule has 0 N–H and O–H groups in total. The third-order valence-corrected chi connectivity index (χ3v) is 2.58. The van der Waals surface area contributed by atoms with E-state index in [2.05, 4.69) is 32.9 Å². The van der Waals surface area contributed by atoms with Crippen LogP contribution >= 0.6 is 0 Å². The molecule has 64 valence electrons. The van der Waals surface area contributed by atoms with Gasteiger partial charge in [0, 0.05) is 6.61 Å². The minimum Gasteiger partial charge on any atom is -0.375 e. The van der Waals surface area contributed by atoms with E-state index in [0.717, 1.165) is 12.5 Å². The van der Waals surface area contributed by atoms with E-state index in [1.54, 1.807) is 0 Å². The Labute approximate surface area is 69.4 Å². The summed E-state index contributed by atoms with van der Waals surface area (Å²) in [5, 5.41) is 0. The van der Waals surface area contributed by atoms with E-state index < -0.39 is 0 Å². The maximum absolute atomic E-state index is 5.62. The van der Waals surface area contributed by atoms with Crippen LogP contribution in [-0.2, 0) is 4.74 Å². The predicted molar refractivity (Wildman–Crippen MR) is 47.6 cm³/mol. The molecule has 0 spiro atoms. The summed E-state index contributed by atoms with van der Waals surface area (Å²) in [6, 6.07) is 0. The Morgan fingerprint density at radius 2 is 2.27 bits per heavy atom. The van der Waals surface area contributed by atoms with E-state index in [1.165, 1.54) is 12.8 Å². The minimum atomic E-state index is 0.111. The quantitative estimate of drug-likeness (QED) is 0.556. The number of allylic oxidation sites excluding steroid dienone is 2. The van der Waals surface area contributed by atoms with Crippen molar-refractivity contribution in [1.29, 1.82) is 0 Å². The number of ether oxygens (including phenoxy) is 1. The SMILES string of the molecule is C/C=C/CC1CCOC1(C)C. The third kappa shape index (κ3) is 2.06. The lowest BCUT2D eigenvalue weighted by molar-refractivity contribution is 0.0118. The monoisotopic (exact) mass is 154 g/mol. The van der Waals surface area contributed by atoms with Gasteiger partial charge in [-0.25, -0.2) is 0 Å². The normalized spacial score (nSPS) is 29.9. The zero-order valence-corrected chi connectivity index (χ0v) is 7.76. The molecule has 1 fully saturated rings. The summed E-state index contributed by atoms with van der Waals surface area (Å²) in [4.78, 5) is 0. The zero-order valence-electron chi connectivity index (χ0n) is 7.76. The molecule has 1 unspecified atom stereocenters. The van der Waals surface area contributed by atoms with Gasteiger partial charge in [-0.05, 0) is 39.5 Å². The summed E-state index contributed by atoms with van der Waals surface area (Å²) in [5.74, 6) is 0.721. The van der Waals surface area contributed by atoms with Crippen LogP contribution in [0.2, 0.25) is 0 Å². The molecule has 11 heavy (non-hydrogen) atoms. The summed E-state index contributed by atoms with van der Waals surface area (Å²) >= 11 is 0. The molecule has 0 saturated carbocycles. The fraction of sp³-hybridized carbons (Fsp3) is 0.800. The highest BCUT2D eigenvalue weighted by atomic mass is 16.5. The molecule has 0 bridgehead atoms. The van der Waals surface area contributed by atoms with Crippen molar-refractivity contribution in [1.82, 2.24) is 0 Å². The van der Waals surface area contributed by atoms with Crippen LogP contribution in [-0.4, -0.2) is 12.2 Å². The molecular weight excluding hydrogens is 136 g/mol. The summed E-state index contributed by atoms with van der Waals surface area (Å²) in [6.07, 6.45) is 6.75. The Balaban J connectivity index is 2.44. The first-order valence-corrected chi connectivity index (χ1v) is 4.42. The molecule has 0 aromatic carbocycles. The molecule has 1 nitrogen and oxygen atoms in total. The molecule has 0 amide bonds. The molecule has 1 heterocycles. The molecule has 0 aromatic heterocycles. The van der Waals surface area contributed by atoms with Crippen molar-refractivity contribution in [2.75, 3.05) is 6.61 Å². The van der Waals surface area contributed by atoms with Crippen molar-refractivity contribution < 1.29 is 4.74 Å². The lowest BCUT2D eigenvalue weighted by Crippen LogP contribution is -2.26. The van der Waals surface area contributed by atoms with Gasteiger partial charge in [-0.3, -0.25) is 0 Å². The number of hydrogen-bond acceptors (Lipinski definition) is 1. The Kier molecular flexibility index (Phi) is 2.72. The van der Waals surface area contributed by atoms with Crippen LogP contribution in [0.5, 0.6) is 0 Å². The minimum absolute atomic E-state index is 0.111. The highest BCUT2D eigenvalue weighted by molar-refractivity contribution is 4.91. The second-order valence-electron chi connectivity index (χ2n) is 3.74. The van der Waals surface area contributed by atoms with Gasteiger partial charge in [0.25, 0.3) is 0 Å². The average Bonchev–Trinajstić information content (AvgIpc) is 2.25. The molecule has 0 radical (unpaired) electrons. The number of rotatable bonds is 2. The van der Waals surface area contributed by atoms with Gasteiger partial charge < -0.3 is 4.74 Å². The lowest BCUT2D eigenvalue weighted by atomic mass is 9.88. The molecule has 1 aliphatic heterocycles. The predicted octanol–water partition coefficient (Wildman–Crippen LogP) is 2.77. The van der Waals surface area contributed by atoms with Gasteiger partial charge in [0.1, 0.15) is 0 Å². The van der Waals surface area contributed by atoms with Crippen LogP contribution in [0.1, 0.15) is 33.6 Å². The van der Waals surface area contributed by atoms with Crippen molar-refractivity contribution in [3.05, 3.63) is 12.2 Å². The van der Waals surface area contributed by atoms with Crippen molar-refractivity contribution in [2.24, 2.45) is 5.92 Å². The summed E-state index contributed by atoms with van der Waals surface area (Å²) in [7, 11) is 0. The van der Waals surface area contributed by atoms with E-state index in [9.17, 15) is 0 Å². The van der Waals surface area contributed by atoms with Gasteiger partial charge in [0.2, 0.25) is 0 Å². The molecule has 1 aliphatic rings. The van der Waals surface area contributed by atoms with E-state index in [-0.39, 0.29) is 5.60 Å². The van der Waals surface area contributed by atoms with Crippen molar-refractivity contribution >= 4 is 0 Å². The maximum Gasteiger partial charge on any atom is 0.0658 e. The Morgan fingerprint density at radius 3 is 2.73 bits per heavy atom. The highest BCUT2D eigenvalue weighted by Gasteiger charge is 2.34. The van der Waals surface area contributed by atoms with Gasteiger partial charge in [0.15, 0.2) is 0 Å². The lowest BCUT2D eigenvalue weighted by Gasteiger charge is -2.24. The molecule has 0 aromatic rings. The first-order valence-electron chi connectivity index (χ1n) is 4.42. The van der Waals surface area contributed by atoms with Crippen LogP contribution < -0.4 is 0 Å². The molecule has 1 saturated heterocycles. The van der Waals surface area contributed by atoms with Gasteiger partial charge in [-0.15, -0.1) is 0 Å². The fourth-order valence-electron chi connectivity index (χ4n) is 1.63. The highest BCUT2D eigenvalue weighted by Crippen LogP contribution is 2.33. The van der Waals surface area contributed by atoms with E-state index in [0.29, 0.717) is 0 Å². The molecule has 0 aliphatic carbocycles. The van der Waals surface area contributed by atoms with Crippen molar-refractivity contribution in [3.63, 3.8) is 0 Å². The molecule has 1 rings (SSSR count). The Bertz CT molecular complexity index is 147. The van der Waals surface area contributed by atoms with Gasteiger partial charge in [-0.2, -0.15) is 0 Å². The van der Waals surface area contributed by atoms with Crippen LogP contribution in [0, 0.1) is 5.92 Å². The second kappa shape index (κ2) is 3.40. The van der Waals surface area contributed by atoms with E-state index >= 15 is 0 Å². The van der Waals surface area contributed by atoms with Crippen molar-refractivity contribution in [3.8, 4) is 0 Å². The first kappa shape index (κ1) is 8.79. The first-order chi connectivity index (χ1) is 5.17. The molecular formula is C10H18O. The van der Waals surface area contributed by atoms with Gasteiger partial charge in [0.05, 0.1) is 5.60 Å². The zero-order chi connectivity index (χ0) is 8.32. The number of hydrogen-bond donors (Lipinski definition) is 0. The summed E-state index contributed by atoms with van der Waals surface area (Å²) in [6.45, 7) is 7.39. The van der Waals surface area contributed by atoms with Crippen LogP contribution in [0.3, 0.4) is 0 Å². The molecule has 1 atom stereocenters. The summed E-state index contributed by atoms with van der Waals surface area (Å²) in [5.41, 5.74) is 0.111. The largest absolute Gasteiger partial charge is 0.375 e. The van der Waals surface area contributed by atoms with E-state index in [1.807, 2.05) is 0 Å². The third-order valence-electron chi connectivity index (χ3n) is 2.58. The van der Waals surface area contributed by atoms with E-state index in [4.69, 9.17) is 4.74 Å². The van der Waals surface area contributed by atoms with Crippen LogP contribution in [0.15, 0.2) is 12.2 Å². The standard InChI is InChI=1S/C10H18O/c1-4-5-6-9-7-8-11-10(9,2)3/h4-5,9H,6-8H2,1-3H3/b5-4+. The smallest absolute Gasteiger partial charge is 0.0658 e. The van der Waals surface area contributed by atoms with Crippen LogP contribution in [0.25, 0.3) is 0 Å². The second-order valence-corrected chi connectivity index (χ2v) is 3.74. The maximum atomic E-state index is 5.62. The van der Waals surface area contributed by atoms with Gasteiger partial charge >= 0.3 is 0 Å². The Hall–Kier alpha value is -0.300. The average molecular weight is 154 g/mol.